The zero-order valence-corrected chi connectivity index (χ0v) is 16.5. The number of hydrogen-bond donors (Lipinski definition) is 1. The van der Waals surface area contributed by atoms with Crippen molar-refractivity contribution in [1.82, 2.24) is 5.32 Å². The monoisotopic (exact) mass is 399 g/mol. The fraction of sp³-hybridized carbons (Fsp3) is 0.182. The van der Waals surface area contributed by atoms with Crippen molar-refractivity contribution in [3.8, 4) is 0 Å². The number of nitrogens with one attached hydrogen (secondary N) is 2. The number of aromatic nitrogens is 1. The number of carbonyl (C=O) groups is 1. The highest BCUT2D eigenvalue weighted by molar-refractivity contribution is 6.30. The molecule has 0 saturated heterocycles. The Morgan fingerprint density at radius 1 is 0.926 bits per heavy atom. The Morgan fingerprint density at radius 2 is 1.48 bits per heavy atom. The van der Waals surface area contributed by atoms with Crippen molar-refractivity contribution in [3.05, 3.63) is 99.8 Å². The van der Waals surface area contributed by atoms with E-state index in [2.05, 4.69) is 10.3 Å². The predicted molar refractivity (Wildman–Crippen MR) is 109 cm³/mol. The highest BCUT2D eigenvalue weighted by Crippen LogP contribution is 2.27. The third kappa shape index (κ3) is 5.31. The number of benzene rings is 2. The number of rotatable bonds is 6. The Balaban J connectivity index is 1.82. The van der Waals surface area contributed by atoms with Gasteiger partial charge in [0.15, 0.2) is 12.4 Å². The molecule has 0 radical (unpaired) electrons. The fourth-order valence-corrected chi connectivity index (χ4v) is 3.35. The van der Waals surface area contributed by atoms with Crippen LogP contribution >= 0.6 is 23.2 Å². The van der Waals surface area contributed by atoms with Crippen molar-refractivity contribution in [3.63, 3.8) is 0 Å². The van der Waals surface area contributed by atoms with Crippen LogP contribution in [0.2, 0.25) is 10.0 Å². The average Bonchev–Trinajstić information content (AvgIpc) is 2.69. The predicted octanol–water partition coefficient (Wildman–Crippen LogP) is 4.95. The molecule has 1 amide bonds. The van der Waals surface area contributed by atoms with Gasteiger partial charge in [0.2, 0.25) is 0 Å². The maximum atomic E-state index is 12.6. The molecule has 138 valence electrons. The molecule has 3 rings (SSSR count). The van der Waals surface area contributed by atoms with E-state index < -0.39 is 0 Å². The standard InChI is InChI=1S/C22H20Cl2N2O/c1-15(26-22(27)18-10-12-25-13-11-18)21(17-4-8-20(24)9-5-17)14-16-2-6-19(23)7-3-16/h2-13,15,21H,14H2,1H3,(H,26,27)/p+1/t15-,21+/m1/s1. The molecule has 2 aromatic carbocycles. The van der Waals surface area contributed by atoms with Crippen LogP contribution < -0.4 is 10.3 Å². The second-order valence-electron chi connectivity index (χ2n) is 6.54. The number of H-pyrrole nitrogens is 1. The SMILES string of the molecule is C[C@@H](NC(=O)c1cc[nH+]cc1)[C@H](Cc1ccc(Cl)cc1)c1ccc(Cl)cc1. The maximum Gasteiger partial charge on any atom is 0.251 e. The minimum Gasteiger partial charge on any atom is -0.349 e. The Bertz CT molecular complexity index is 880. The smallest absolute Gasteiger partial charge is 0.251 e. The zero-order chi connectivity index (χ0) is 19.2. The lowest BCUT2D eigenvalue weighted by Crippen LogP contribution is -2.38. The Morgan fingerprint density at radius 3 is 2.07 bits per heavy atom. The fourth-order valence-electron chi connectivity index (χ4n) is 3.10. The normalized spacial score (nSPS) is 13.0. The van der Waals surface area contributed by atoms with Gasteiger partial charge in [-0.2, -0.15) is 0 Å². The first-order valence-electron chi connectivity index (χ1n) is 8.80. The summed E-state index contributed by atoms with van der Waals surface area (Å²) in [5.74, 6) is 0.00855. The van der Waals surface area contributed by atoms with E-state index in [9.17, 15) is 4.79 Å². The van der Waals surface area contributed by atoms with Crippen molar-refractivity contribution >= 4 is 29.1 Å². The largest absolute Gasteiger partial charge is 0.349 e. The molecular formula is C22H21Cl2N2O+. The first-order chi connectivity index (χ1) is 13.0. The van der Waals surface area contributed by atoms with Crippen LogP contribution in [0.3, 0.4) is 0 Å². The number of pyridine rings is 1. The Labute approximate surface area is 169 Å². The number of halogens is 2. The molecule has 3 nitrogen and oxygen atoms in total. The molecule has 0 unspecified atom stereocenters. The number of hydrogen-bond acceptors (Lipinski definition) is 1. The second-order valence-corrected chi connectivity index (χ2v) is 7.41. The van der Waals surface area contributed by atoms with E-state index in [1.54, 1.807) is 24.5 Å². The number of carbonyl (C=O) groups excluding carboxylic acids is 1. The summed E-state index contributed by atoms with van der Waals surface area (Å²) in [5, 5.41) is 4.54. The van der Waals surface area contributed by atoms with Crippen molar-refractivity contribution < 1.29 is 9.78 Å². The van der Waals surface area contributed by atoms with Crippen LogP contribution in [0.1, 0.15) is 34.3 Å². The van der Waals surface area contributed by atoms with E-state index in [4.69, 9.17) is 23.2 Å². The summed E-state index contributed by atoms with van der Waals surface area (Å²) in [6.07, 6.45) is 4.26. The lowest BCUT2D eigenvalue weighted by atomic mass is 9.86. The van der Waals surface area contributed by atoms with Crippen molar-refractivity contribution in [2.24, 2.45) is 0 Å². The van der Waals surface area contributed by atoms with Crippen LogP contribution in [-0.2, 0) is 6.42 Å². The molecule has 5 heteroatoms. The summed E-state index contributed by atoms with van der Waals surface area (Å²) in [7, 11) is 0. The molecule has 0 aliphatic carbocycles. The van der Waals surface area contributed by atoms with Gasteiger partial charge in [-0.1, -0.05) is 47.5 Å². The number of amides is 1. The highest BCUT2D eigenvalue weighted by atomic mass is 35.5. The van der Waals surface area contributed by atoms with E-state index in [0.29, 0.717) is 15.6 Å². The third-order valence-corrected chi connectivity index (χ3v) is 5.11. The van der Waals surface area contributed by atoms with Gasteiger partial charge in [0.25, 0.3) is 5.91 Å². The molecule has 2 N–H and O–H groups in total. The van der Waals surface area contributed by atoms with Gasteiger partial charge in [0.1, 0.15) is 0 Å². The topological polar surface area (TPSA) is 43.2 Å². The molecule has 0 aliphatic heterocycles. The van der Waals surface area contributed by atoms with Crippen LogP contribution in [0.15, 0.2) is 73.1 Å². The molecule has 0 bridgehead atoms. The molecule has 2 atom stereocenters. The van der Waals surface area contributed by atoms with Gasteiger partial charge >= 0.3 is 0 Å². The van der Waals surface area contributed by atoms with Gasteiger partial charge in [0.05, 0.1) is 5.56 Å². The summed E-state index contributed by atoms with van der Waals surface area (Å²) in [6.45, 7) is 2.03. The molecule has 0 aliphatic rings. The highest BCUT2D eigenvalue weighted by Gasteiger charge is 2.22. The summed E-state index contributed by atoms with van der Waals surface area (Å²) in [4.78, 5) is 15.5. The second kappa shape index (κ2) is 9.03. The Hall–Kier alpha value is -2.36. The molecule has 3 aromatic rings. The van der Waals surface area contributed by atoms with Gasteiger partial charge < -0.3 is 5.32 Å². The molecule has 27 heavy (non-hydrogen) atoms. The molecule has 1 heterocycles. The van der Waals surface area contributed by atoms with Crippen LogP contribution in [0.4, 0.5) is 0 Å². The molecule has 0 saturated carbocycles. The summed E-state index contributed by atoms with van der Waals surface area (Å²) in [5.41, 5.74) is 2.92. The lowest BCUT2D eigenvalue weighted by Gasteiger charge is -2.26. The van der Waals surface area contributed by atoms with Crippen molar-refractivity contribution in [2.75, 3.05) is 0 Å². The lowest BCUT2D eigenvalue weighted by molar-refractivity contribution is -0.378. The van der Waals surface area contributed by atoms with Gasteiger partial charge in [-0.15, -0.1) is 0 Å². The van der Waals surface area contributed by atoms with E-state index in [0.717, 1.165) is 17.5 Å². The summed E-state index contributed by atoms with van der Waals surface area (Å²) in [6, 6.07) is 19.1. The van der Waals surface area contributed by atoms with E-state index in [-0.39, 0.29) is 17.9 Å². The zero-order valence-electron chi connectivity index (χ0n) is 15.0. The van der Waals surface area contributed by atoms with Gasteiger partial charge in [-0.25, -0.2) is 4.98 Å². The van der Waals surface area contributed by atoms with E-state index in [1.807, 2.05) is 55.5 Å². The van der Waals surface area contributed by atoms with Crippen LogP contribution in [0.5, 0.6) is 0 Å². The first-order valence-corrected chi connectivity index (χ1v) is 9.55. The van der Waals surface area contributed by atoms with Gasteiger partial charge in [-0.3, -0.25) is 4.79 Å². The summed E-state index contributed by atoms with van der Waals surface area (Å²) >= 11 is 12.1. The van der Waals surface area contributed by atoms with Gasteiger partial charge in [-0.05, 0) is 48.7 Å². The molecule has 0 fully saturated rings. The van der Waals surface area contributed by atoms with Crippen molar-refractivity contribution in [2.45, 2.75) is 25.3 Å². The van der Waals surface area contributed by atoms with E-state index in [1.165, 1.54) is 0 Å². The maximum absolute atomic E-state index is 12.6. The van der Waals surface area contributed by atoms with Crippen LogP contribution in [0, 0.1) is 0 Å². The van der Waals surface area contributed by atoms with Crippen molar-refractivity contribution in [1.29, 1.82) is 0 Å². The Kier molecular flexibility index (Phi) is 6.49. The number of aromatic amines is 1. The molecule has 1 aromatic heterocycles. The minimum atomic E-state index is -0.0911. The quantitative estimate of drug-likeness (QED) is 0.625. The average molecular weight is 400 g/mol. The van der Waals surface area contributed by atoms with Gasteiger partial charge in [0, 0.05) is 34.1 Å². The first kappa shape index (κ1) is 19.4. The molecule has 0 spiro atoms. The minimum absolute atomic E-state index is 0.0708. The molecular weight excluding hydrogens is 379 g/mol. The van der Waals surface area contributed by atoms with E-state index >= 15 is 0 Å². The van der Waals surface area contributed by atoms with Crippen LogP contribution in [-0.4, -0.2) is 11.9 Å². The third-order valence-electron chi connectivity index (χ3n) is 4.61. The van der Waals surface area contributed by atoms with Crippen LogP contribution in [0.25, 0.3) is 0 Å². The summed E-state index contributed by atoms with van der Waals surface area (Å²) < 4.78 is 0.